The molecule has 0 amide bonds. The van der Waals surface area contributed by atoms with Gasteiger partial charge < -0.3 is 5.32 Å². The van der Waals surface area contributed by atoms with Crippen LogP contribution in [-0.2, 0) is 6.42 Å². The predicted molar refractivity (Wildman–Crippen MR) is 64.0 cm³/mol. The van der Waals surface area contributed by atoms with Crippen LogP contribution in [0.4, 0.5) is 11.5 Å². The highest BCUT2D eigenvalue weighted by Crippen LogP contribution is 2.22. The van der Waals surface area contributed by atoms with Crippen LogP contribution >= 0.6 is 23.3 Å². The normalized spacial score (nSPS) is 10.3. The molecule has 0 bridgehead atoms. The maximum Gasteiger partial charge on any atom is 0.187 e. The van der Waals surface area contributed by atoms with Crippen LogP contribution in [0.15, 0.2) is 24.3 Å². The summed E-state index contributed by atoms with van der Waals surface area (Å²) in [6.07, 6.45) is 1.04. The van der Waals surface area contributed by atoms with Crippen molar-refractivity contribution in [2.24, 2.45) is 0 Å². The number of aryl methyl sites for hydroxylation is 1. The summed E-state index contributed by atoms with van der Waals surface area (Å²) in [5.41, 5.74) is 2.28. The molecule has 0 saturated heterocycles. The van der Waals surface area contributed by atoms with E-state index in [0.717, 1.165) is 23.8 Å². The first-order valence-corrected chi connectivity index (χ1v) is 5.74. The van der Waals surface area contributed by atoms with E-state index in [-0.39, 0.29) is 0 Å². The first kappa shape index (κ1) is 10.4. The second kappa shape index (κ2) is 4.59. The summed E-state index contributed by atoms with van der Waals surface area (Å²) >= 11 is 6.92. The minimum atomic E-state index is 0.416. The largest absolute Gasteiger partial charge is 0.337 e. The summed E-state index contributed by atoms with van der Waals surface area (Å²) in [5, 5.41) is 3.52. The third-order valence-electron chi connectivity index (χ3n) is 2.07. The Labute approximate surface area is 97.4 Å². The Morgan fingerprint density at radius 3 is 2.53 bits per heavy atom. The van der Waals surface area contributed by atoms with Gasteiger partial charge in [0.15, 0.2) is 11.0 Å². The Morgan fingerprint density at radius 1 is 1.27 bits per heavy atom. The minimum Gasteiger partial charge on any atom is -0.337 e. The third-order valence-corrected chi connectivity index (χ3v) is 2.97. The maximum absolute atomic E-state index is 5.82. The third kappa shape index (κ3) is 2.46. The van der Waals surface area contributed by atoms with Crippen LogP contribution in [0.25, 0.3) is 0 Å². The summed E-state index contributed by atoms with van der Waals surface area (Å²) in [6.45, 7) is 2.13. The van der Waals surface area contributed by atoms with Crippen molar-refractivity contribution in [1.29, 1.82) is 0 Å². The molecule has 0 saturated carbocycles. The lowest BCUT2D eigenvalue weighted by Gasteiger charge is -2.03. The molecule has 0 radical (unpaired) electrons. The Hall–Kier alpha value is -1.13. The molecule has 1 aromatic heterocycles. The zero-order valence-corrected chi connectivity index (χ0v) is 9.77. The van der Waals surface area contributed by atoms with Gasteiger partial charge >= 0.3 is 0 Å². The first-order chi connectivity index (χ1) is 7.29. The average molecular weight is 240 g/mol. The molecule has 2 aromatic rings. The van der Waals surface area contributed by atoms with Crippen LogP contribution < -0.4 is 5.32 Å². The molecule has 1 aromatic carbocycles. The molecule has 0 unspecified atom stereocenters. The second-order valence-corrected chi connectivity index (χ2v) is 3.97. The quantitative estimate of drug-likeness (QED) is 0.891. The van der Waals surface area contributed by atoms with Gasteiger partial charge in [-0.3, -0.25) is 0 Å². The van der Waals surface area contributed by atoms with Crippen LogP contribution in [0.1, 0.15) is 12.5 Å². The van der Waals surface area contributed by atoms with Gasteiger partial charge in [0.05, 0.1) is 11.7 Å². The molecular weight excluding hydrogens is 230 g/mol. The minimum absolute atomic E-state index is 0.416. The van der Waals surface area contributed by atoms with Crippen molar-refractivity contribution < 1.29 is 0 Å². The van der Waals surface area contributed by atoms with Gasteiger partial charge in [0.25, 0.3) is 0 Å². The topological polar surface area (TPSA) is 37.8 Å². The SMILES string of the molecule is CCc1ccc(Nc2nsnc2Cl)cc1. The number of hydrogen-bond donors (Lipinski definition) is 1. The van der Waals surface area contributed by atoms with Crippen LogP contribution in [0.2, 0.25) is 5.15 Å². The molecule has 15 heavy (non-hydrogen) atoms. The average Bonchev–Trinajstić information content (AvgIpc) is 2.66. The molecule has 2 rings (SSSR count). The molecule has 1 N–H and O–H groups in total. The van der Waals surface area contributed by atoms with E-state index in [4.69, 9.17) is 11.6 Å². The molecule has 1 heterocycles. The van der Waals surface area contributed by atoms with E-state index in [2.05, 4.69) is 33.1 Å². The smallest absolute Gasteiger partial charge is 0.187 e. The zero-order valence-electron chi connectivity index (χ0n) is 8.20. The van der Waals surface area contributed by atoms with Crippen LogP contribution in [0.5, 0.6) is 0 Å². The van der Waals surface area contributed by atoms with Gasteiger partial charge in [-0.25, -0.2) is 0 Å². The molecule has 0 atom stereocenters. The molecule has 0 aliphatic heterocycles. The van der Waals surface area contributed by atoms with E-state index >= 15 is 0 Å². The van der Waals surface area contributed by atoms with Crippen LogP contribution in [-0.4, -0.2) is 8.75 Å². The number of anilines is 2. The molecular formula is C10H10ClN3S. The highest BCUT2D eigenvalue weighted by Gasteiger charge is 2.04. The van der Waals surface area contributed by atoms with Crippen molar-refractivity contribution in [2.45, 2.75) is 13.3 Å². The van der Waals surface area contributed by atoms with Crippen molar-refractivity contribution in [3.8, 4) is 0 Å². The standard InChI is InChI=1S/C10H10ClN3S/c1-2-7-3-5-8(6-4-7)12-10-9(11)13-15-14-10/h3-6H,2H2,1H3,(H,12,14). The Kier molecular flexibility index (Phi) is 3.18. The van der Waals surface area contributed by atoms with Crippen molar-refractivity contribution in [3.63, 3.8) is 0 Å². The fraction of sp³-hybridized carbons (Fsp3) is 0.200. The monoisotopic (exact) mass is 239 g/mol. The lowest BCUT2D eigenvalue weighted by atomic mass is 10.1. The summed E-state index contributed by atoms with van der Waals surface area (Å²) in [4.78, 5) is 0. The molecule has 0 aliphatic carbocycles. The lowest BCUT2D eigenvalue weighted by molar-refractivity contribution is 1.14. The van der Waals surface area contributed by atoms with Crippen molar-refractivity contribution in [3.05, 3.63) is 35.0 Å². The summed E-state index contributed by atoms with van der Waals surface area (Å²) < 4.78 is 7.92. The summed E-state index contributed by atoms with van der Waals surface area (Å²) in [5.74, 6) is 0.617. The summed E-state index contributed by atoms with van der Waals surface area (Å²) in [6, 6.07) is 8.18. The molecule has 0 fully saturated rings. The van der Waals surface area contributed by atoms with Gasteiger partial charge in [0, 0.05) is 5.69 Å². The van der Waals surface area contributed by atoms with E-state index in [0.29, 0.717) is 11.0 Å². The number of aromatic nitrogens is 2. The number of halogens is 1. The number of nitrogens with zero attached hydrogens (tertiary/aromatic N) is 2. The van der Waals surface area contributed by atoms with E-state index in [1.165, 1.54) is 5.56 Å². The molecule has 5 heteroatoms. The maximum atomic E-state index is 5.82. The molecule has 3 nitrogen and oxygen atoms in total. The Morgan fingerprint density at radius 2 is 2.00 bits per heavy atom. The molecule has 78 valence electrons. The second-order valence-electron chi connectivity index (χ2n) is 3.08. The van der Waals surface area contributed by atoms with Gasteiger partial charge in [-0.05, 0) is 24.1 Å². The van der Waals surface area contributed by atoms with E-state index in [9.17, 15) is 0 Å². The van der Waals surface area contributed by atoms with Crippen molar-refractivity contribution in [2.75, 3.05) is 5.32 Å². The van der Waals surface area contributed by atoms with Crippen LogP contribution in [0.3, 0.4) is 0 Å². The number of rotatable bonds is 3. The first-order valence-electron chi connectivity index (χ1n) is 4.63. The highest BCUT2D eigenvalue weighted by molar-refractivity contribution is 6.99. The van der Waals surface area contributed by atoms with Gasteiger partial charge in [0.1, 0.15) is 0 Å². The number of benzene rings is 1. The van der Waals surface area contributed by atoms with E-state index in [1.807, 2.05) is 12.1 Å². The van der Waals surface area contributed by atoms with E-state index in [1.54, 1.807) is 0 Å². The molecule has 0 spiro atoms. The van der Waals surface area contributed by atoms with Gasteiger partial charge in [-0.2, -0.15) is 8.75 Å². The van der Waals surface area contributed by atoms with Gasteiger partial charge in [-0.15, -0.1) is 0 Å². The fourth-order valence-corrected chi connectivity index (χ4v) is 1.86. The zero-order chi connectivity index (χ0) is 10.7. The Balaban J connectivity index is 2.14. The highest BCUT2D eigenvalue weighted by atomic mass is 35.5. The summed E-state index contributed by atoms with van der Waals surface area (Å²) in [7, 11) is 0. The van der Waals surface area contributed by atoms with Gasteiger partial charge in [0.2, 0.25) is 0 Å². The van der Waals surface area contributed by atoms with Gasteiger partial charge in [-0.1, -0.05) is 30.7 Å². The van der Waals surface area contributed by atoms with Crippen molar-refractivity contribution >= 4 is 34.8 Å². The van der Waals surface area contributed by atoms with Crippen LogP contribution in [0, 0.1) is 0 Å². The van der Waals surface area contributed by atoms with E-state index < -0.39 is 0 Å². The lowest BCUT2D eigenvalue weighted by Crippen LogP contribution is -1.91. The Bertz CT molecular complexity index is 438. The number of hydrogen-bond acceptors (Lipinski definition) is 4. The fourth-order valence-electron chi connectivity index (χ4n) is 1.21. The van der Waals surface area contributed by atoms with Crippen molar-refractivity contribution in [1.82, 2.24) is 8.75 Å². The number of nitrogens with one attached hydrogen (secondary N) is 1. The molecule has 0 aliphatic rings. The predicted octanol–water partition coefficient (Wildman–Crippen LogP) is 3.50.